The lowest BCUT2D eigenvalue weighted by molar-refractivity contribution is 0.341. The fraction of sp³-hybridized carbons (Fsp3) is 0.222. The van der Waals surface area contributed by atoms with Gasteiger partial charge in [0.05, 0.1) is 5.39 Å². The predicted molar refractivity (Wildman–Crippen MR) is 45.2 cm³/mol. The van der Waals surface area contributed by atoms with E-state index < -0.39 is 6.17 Å². The first-order chi connectivity index (χ1) is 6.20. The van der Waals surface area contributed by atoms with E-state index in [4.69, 9.17) is 4.52 Å². The molecule has 0 fully saturated rings. The van der Waals surface area contributed by atoms with Crippen LogP contribution >= 0.6 is 0 Å². The van der Waals surface area contributed by atoms with Crippen LogP contribution in [0.1, 0.15) is 18.8 Å². The van der Waals surface area contributed by atoms with Gasteiger partial charge in [-0.3, -0.25) is 0 Å². The summed E-state index contributed by atoms with van der Waals surface area (Å²) in [4.78, 5) is 0. The third-order valence-corrected chi connectivity index (χ3v) is 1.88. The van der Waals surface area contributed by atoms with E-state index in [1.807, 2.05) is 0 Å². The molecule has 1 atom stereocenters. The molecule has 0 aliphatic rings. The summed E-state index contributed by atoms with van der Waals surface area (Å²) in [5.74, 6) is -0.00162. The van der Waals surface area contributed by atoms with Crippen LogP contribution < -0.4 is 0 Å². The Balaban J connectivity index is 2.79. The van der Waals surface area contributed by atoms with Gasteiger partial charge in [0.15, 0.2) is 5.58 Å². The topological polar surface area (TPSA) is 46.3 Å². The highest BCUT2D eigenvalue weighted by atomic mass is 19.1. The van der Waals surface area contributed by atoms with Crippen LogP contribution in [0.15, 0.2) is 22.7 Å². The second-order valence-electron chi connectivity index (χ2n) is 2.83. The average Bonchev–Trinajstić information content (AvgIpc) is 2.49. The molecule has 2 rings (SSSR count). The standard InChI is InChI=1S/C9H8FNO2/c1-5(10)9-8-6(12)3-2-4-7(8)13-11-9/h2-5,12H,1H3. The Morgan fingerprint density at radius 1 is 1.54 bits per heavy atom. The van der Waals surface area contributed by atoms with E-state index in [1.165, 1.54) is 13.0 Å². The number of aromatic hydroxyl groups is 1. The van der Waals surface area contributed by atoms with Crippen LogP contribution in [0, 0.1) is 0 Å². The van der Waals surface area contributed by atoms with E-state index in [-0.39, 0.29) is 11.4 Å². The van der Waals surface area contributed by atoms with E-state index in [1.54, 1.807) is 12.1 Å². The number of fused-ring (bicyclic) bond motifs is 1. The fourth-order valence-electron chi connectivity index (χ4n) is 1.27. The van der Waals surface area contributed by atoms with E-state index in [0.717, 1.165) is 0 Å². The second-order valence-corrected chi connectivity index (χ2v) is 2.83. The molecule has 13 heavy (non-hydrogen) atoms. The lowest BCUT2D eigenvalue weighted by Gasteiger charge is -1.96. The van der Waals surface area contributed by atoms with Crippen molar-refractivity contribution < 1.29 is 14.0 Å². The number of nitrogens with zero attached hydrogens (tertiary/aromatic N) is 1. The lowest BCUT2D eigenvalue weighted by Crippen LogP contribution is -1.85. The minimum Gasteiger partial charge on any atom is -0.507 e. The normalized spacial score (nSPS) is 13.4. The zero-order valence-electron chi connectivity index (χ0n) is 6.99. The van der Waals surface area contributed by atoms with Crippen molar-refractivity contribution in [3.63, 3.8) is 0 Å². The van der Waals surface area contributed by atoms with Crippen LogP contribution in [0.2, 0.25) is 0 Å². The van der Waals surface area contributed by atoms with Crippen LogP contribution in [-0.2, 0) is 0 Å². The van der Waals surface area contributed by atoms with Gasteiger partial charge in [-0.05, 0) is 19.1 Å². The first kappa shape index (κ1) is 8.04. The molecule has 0 aliphatic carbocycles. The Morgan fingerprint density at radius 3 is 3.00 bits per heavy atom. The summed E-state index contributed by atoms with van der Waals surface area (Å²) in [6, 6.07) is 4.73. The minimum atomic E-state index is -1.24. The Morgan fingerprint density at radius 2 is 2.31 bits per heavy atom. The maximum atomic E-state index is 12.9. The molecular weight excluding hydrogens is 173 g/mol. The van der Waals surface area contributed by atoms with Gasteiger partial charge < -0.3 is 9.63 Å². The van der Waals surface area contributed by atoms with E-state index in [2.05, 4.69) is 5.16 Å². The molecule has 1 unspecified atom stereocenters. The van der Waals surface area contributed by atoms with Crippen molar-refractivity contribution in [2.45, 2.75) is 13.1 Å². The molecule has 68 valence electrons. The maximum Gasteiger partial charge on any atom is 0.170 e. The summed E-state index contributed by atoms with van der Waals surface area (Å²) < 4.78 is 17.8. The van der Waals surface area contributed by atoms with E-state index in [9.17, 15) is 9.50 Å². The Bertz CT molecular complexity index is 436. The molecular formula is C9H8FNO2. The number of halogens is 1. The molecule has 2 aromatic rings. The largest absolute Gasteiger partial charge is 0.507 e. The molecule has 1 N–H and O–H groups in total. The van der Waals surface area contributed by atoms with Gasteiger partial charge in [0.2, 0.25) is 0 Å². The molecule has 1 heterocycles. The second kappa shape index (κ2) is 2.73. The molecule has 3 nitrogen and oxygen atoms in total. The lowest BCUT2D eigenvalue weighted by atomic mass is 10.1. The Kier molecular flexibility index (Phi) is 1.69. The van der Waals surface area contributed by atoms with Gasteiger partial charge in [-0.25, -0.2) is 4.39 Å². The molecule has 1 aromatic heterocycles. The van der Waals surface area contributed by atoms with Crippen molar-refractivity contribution in [2.75, 3.05) is 0 Å². The number of aromatic nitrogens is 1. The van der Waals surface area contributed by atoms with Crippen molar-refractivity contribution in [2.24, 2.45) is 0 Å². The van der Waals surface area contributed by atoms with E-state index in [0.29, 0.717) is 11.0 Å². The molecule has 0 bridgehead atoms. The number of hydrogen-bond acceptors (Lipinski definition) is 3. The molecule has 1 aromatic carbocycles. The Hall–Kier alpha value is -1.58. The van der Waals surface area contributed by atoms with Crippen LogP contribution in [-0.4, -0.2) is 10.3 Å². The predicted octanol–water partition coefficient (Wildman–Crippen LogP) is 2.56. The third-order valence-electron chi connectivity index (χ3n) is 1.88. The Labute approximate surface area is 73.8 Å². The van der Waals surface area contributed by atoms with Crippen LogP contribution in [0.3, 0.4) is 0 Å². The van der Waals surface area contributed by atoms with Crippen molar-refractivity contribution in [1.29, 1.82) is 0 Å². The first-order valence-corrected chi connectivity index (χ1v) is 3.91. The number of phenols is 1. The van der Waals surface area contributed by atoms with Crippen molar-refractivity contribution in [3.8, 4) is 5.75 Å². The van der Waals surface area contributed by atoms with Gasteiger partial charge in [0, 0.05) is 0 Å². The smallest absolute Gasteiger partial charge is 0.170 e. The molecule has 0 saturated heterocycles. The highest BCUT2D eigenvalue weighted by Gasteiger charge is 2.16. The number of hydrogen-bond donors (Lipinski definition) is 1. The maximum absolute atomic E-state index is 12.9. The molecule has 4 heteroatoms. The summed E-state index contributed by atoms with van der Waals surface area (Å²) in [6.07, 6.45) is -1.24. The molecule has 0 saturated carbocycles. The fourth-order valence-corrected chi connectivity index (χ4v) is 1.27. The number of phenolic OH excluding ortho intramolecular Hbond substituents is 1. The summed E-state index contributed by atoms with van der Waals surface area (Å²) >= 11 is 0. The highest BCUT2D eigenvalue weighted by Crippen LogP contribution is 2.32. The van der Waals surface area contributed by atoms with Crippen molar-refractivity contribution in [3.05, 3.63) is 23.9 Å². The quantitative estimate of drug-likeness (QED) is 0.735. The summed E-state index contributed by atoms with van der Waals surface area (Å²) in [5, 5.41) is 13.3. The SMILES string of the molecule is CC(F)c1noc2cccc(O)c12. The van der Waals surface area contributed by atoms with Crippen molar-refractivity contribution in [1.82, 2.24) is 5.16 Å². The molecule has 0 radical (unpaired) electrons. The van der Waals surface area contributed by atoms with Gasteiger partial charge in [-0.1, -0.05) is 11.2 Å². The van der Waals surface area contributed by atoms with Gasteiger partial charge in [-0.15, -0.1) is 0 Å². The van der Waals surface area contributed by atoms with Crippen molar-refractivity contribution >= 4 is 11.0 Å². The summed E-state index contributed by atoms with van der Waals surface area (Å²) in [6.45, 7) is 1.35. The van der Waals surface area contributed by atoms with Crippen LogP contribution in [0.4, 0.5) is 4.39 Å². The zero-order valence-corrected chi connectivity index (χ0v) is 6.99. The van der Waals surface area contributed by atoms with Crippen LogP contribution in [0.25, 0.3) is 11.0 Å². The molecule has 0 amide bonds. The van der Waals surface area contributed by atoms with Gasteiger partial charge in [0.1, 0.15) is 17.6 Å². The van der Waals surface area contributed by atoms with Gasteiger partial charge in [-0.2, -0.15) is 0 Å². The third kappa shape index (κ3) is 1.14. The van der Waals surface area contributed by atoms with Gasteiger partial charge in [0.25, 0.3) is 0 Å². The summed E-state index contributed by atoms with van der Waals surface area (Å²) in [5.41, 5.74) is 0.549. The summed E-state index contributed by atoms with van der Waals surface area (Å²) in [7, 11) is 0. The van der Waals surface area contributed by atoms with Crippen LogP contribution in [0.5, 0.6) is 5.75 Å². The first-order valence-electron chi connectivity index (χ1n) is 3.91. The molecule has 0 spiro atoms. The zero-order chi connectivity index (χ0) is 9.42. The number of alkyl halides is 1. The molecule has 0 aliphatic heterocycles. The van der Waals surface area contributed by atoms with Gasteiger partial charge >= 0.3 is 0 Å². The number of rotatable bonds is 1. The minimum absolute atomic E-state index is 0.00162. The number of benzene rings is 1. The average molecular weight is 181 g/mol. The van der Waals surface area contributed by atoms with E-state index >= 15 is 0 Å². The monoisotopic (exact) mass is 181 g/mol. The highest BCUT2D eigenvalue weighted by molar-refractivity contribution is 5.85.